The van der Waals surface area contributed by atoms with E-state index in [-0.39, 0.29) is 11.5 Å². The zero-order chi connectivity index (χ0) is 26.9. The van der Waals surface area contributed by atoms with Gasteiger partial charge in [0.05, 0.1) is 17.1 Å². The van der Waals surface area contributed by atoms with Crippen molar-refractivity contribution in [3.8, 4) is 0 Å². The highest BCUT2D eigenvalue weighted by Gasteiger charge is 2.36. The molecule has 1 amide bonds. The van der Waals surface area contributed by atoms with Gasteiger partial charge in [-0.2, -0.15) is 0 Å². The molecule has 4 aromatic rings. The quantitative estimate of drug-likeness (QED) is 0.396. The molecular formula is C30H27N5O2S2. The van der Waals surface area contributed by atoms with E-state index in [0.717, 1.165) is 34.1 Å². The topological polar surface area (TPSA) is 69.9 Å². The lowest BCUT2D eigenvalue weighted by Gasteiger charge is -2.14. The molecule has 6 rings (SSSR count). The van der Waals surface area contributed by atoms with E-state index < -0.39 is 0 Å². The summed E-state index contributed by atoms with van der Waals surface area (Å²) in [6, 6.07) is 27.1. The SMILES string of the molecule is CCCCn1c(=C2C(=O)N(c3ccccc3)NC2=Nc2ccccc2)sc(=C2Sc3ccccc3N2C)c1=O. The molecule has 0 radical (unpaired) electrons. The van der Waals surface area contributed by atoms with Crippen LogP contribution in [0.5, 0.6) is 0 Å². The monoisotopic (exact) mass is 553 g/mol. The molecule has 0 unspecified atom stereocenters. The molecule has 0 saturated carbocycles. The Kier molecular flexibility index (Phi) is 6.85. The molecule has 0 bridgehead atoms. The second-order valence-corrected chi connectivity index (χ2v) is 11.3. The van der Waals surface area contributed by atoms with Gasteiger partial charge in [-0.05, 0) is 42.8 Å². The molecule has 1 aromatic heterocycles. The number of amides is 1. The molecule has 3 heterocycles. The predicted octanol–water partition coefficient (Wildman–Crippen LogP) is 4.45. The fourth-order valence-corrected chi connectivity index (χ4v) is 7.16. The first kappa shape index (κ1) is 25.2. The zero-order valence-corrected chi connectivity index (χ0v) is 23.3. The van der Waals surface area contributed by atoms with E-state index in [0.29, 0.717) is 32.8 Å². The van der Waals surface area contributed by atoms with Gasteiger partial charge in [-0.25, -0.2) is 10.0 Å². The van der Waals surface area contributed by atoms with Gasteiger partial charge < -0.3 is 4.90 Å². The molecule has 3 aromatic carbocycles. The van der Waals surface area contributed by atoms with Gasteiger partial charge in [0.2, 0.25) is 0 Å². The molecule has 1 N–H and O–H groups in total. The highest BCUT2D eigenvalue weighted by atomic mass is 32.2. The molecule has 0 aliphatic carbocycles. The van der Waals surface area contributed by atoms with Gasteiger partial charge in [0.1, 0.15) is 19.8 Å². The van der Waals surface area contributed by atoms with Gasteiger partial charge in [0.25, 0.3) is 11.5 Å². The molecule has 0 atom stereocenters. The van der Waals surface area contributed by atoms with Crippen LogP contribution >= 0.6 is 23.1 Å². The van der Waals surface area contributed by atoms with Crippen molar-refractivity contribution in [3.63, 3.8) is 0 Å². The van der Waals surface area contributed by atoms with Crippen molar-refractivity contribution in [2.75, 3.05) is 17.0 Å². The lowest BCUT2D eigenvalue weighted by molar-refractivity contribution is -0.113. The summed E-state index contributed by atoms with van der Waals surface area (Å²) in [7, 11) is 1.98. The number of hydrogen-bond donors (Lipinski definition) is 1. The first-order valence-corrected chi connectivity index (χ1v) is 14.5. The first-order valence-electron chi connectivity index (χ1n) is 12.9. The van der Waals surface area contributed by atoms with Crippen molar-refractivity contribution in [2.45, 2.75) is 31.2 Å². The van der Waals surface area contributed by atoms with Gasteiger partial charge >= 0.3 is 0 Å². The van der Waals surface area contributed by atoms with E-state index in [1.54, 1.807) is 16.3 Å². The fraction of sp³-hybridized carbons (Fsp3) is 0.167. The highest BCUT2D eigenvalue weighted by Crippen LogP contribution is 2.45. The molecular weight excluding hydrogens is 526 g/mol. The van der Waals surface area contributed by atoms with Crippen molar-refractivity contribution in [1.82, 2.24) is 9.99 Å². The fourth-order valence-electron chi connectivity index (χ4n) is 4.64. The number of hydrogen-bond acceptors (Lipinski definition) is 6. The van der Waals surface area contributed by atoms with Gasteiger partial charge in [0.15, 0.2) is 5.84 Å². The van der Waals surface area contributed by atoms with E-state index in [1.165, 1.54) is 16.3 Å². The van der Waals surface area contributed by atoms with Gasteiger partial charge in [-0.3, -0.25) is 19.6 Å². The standard InChI is InChI=1S/C30H27N5O2S2/c1-3-4-19-34-28(37)25(30-33(2)22-17-11-12-18-23(22)38-30)39-29(34)24-26(31-20-13-7-5-8-14-20)32-35(27(24)36)21-15-9-6-10-16-21/h5-18H,3-4,19H2,1-2H3,(H,31,32). The molecule has 1 saturated heterocycles. The van der Waals surface area contributed by atoms with Crippen molar-refractivity contribution >= 4 is 62.5 Å². The van der Waals surface area contributed by atoms with Crippen molar-refractivity contribution in [3.05, 3.63) is 104 Å². The highest BCUT2D eigenvalue weighted by molar-refractivity contribution is 8.08. The Hall–Kier alpha value is -4.08. The van der Waals surface area contributed by atoms with Crippen LogP contribution in [0.4, 0.5) is 17.1 Å². The van der Waals surface area contributed by atoms with Crippen LogP contribution in [0.15, 0.2) is 99.6 Å². The number of aromatic nitrogens is 1. The average molecular weight is 554 g/mol. The van der Waals surface area contributed by atoms with Crippen LogP contribution in [0.1, 0.15) is 19.8 Å². The minimum absolute atomic E-state index is 0.0804. The maximum absolute atomic E-state index is 14.0. The number of carbonyl (C=O) groups excluding carboxylic acids is 1. The number of nitrogens with zero attached hydrogens (tertiary/aromatic N) is 4. The number of benzene rings is 3. The third-order valence-corrected chi connectivity index (χ3v) is 9.20. The van der Waals surface area contributed by atoms with Gasteiger partial charge in [0, 0.05) is 18.5 Å². The largest absolute Gasteiger partial charge is 0.337 e. The van der Waals surface area contributed by atoms with Gasteiger partial charge in [-0.1, -0.05) is 73.6 Å². The second kappa shape index (κ2) is 10.6. The zero-order valence-electron chi connectivity index (χ0n) is 21.6. The number of nitrogens with one attached hydrogen (secondary N) is 1. The Balaban J connectivity index is 1.62. The second-order valence-electron chi connectivity index (χ2n) is 9.24. The van der Waals surface area contributed by atoms with Crippen LogP contribution in [0.25, 0.3) is 10.6 Å². The number of hydrazine groups is 1. The number of aliphatic imine (C=N–C) groups is 1. The molecule has 196 valence electrons. The van der Waals surface area contributed by atoms with Crippen LogP contribution in [-0.4, -0.2) is 23.4 Å². The summed E-state index contributed by atoms with van der Waals surface area (Å²) in [4.78, 5) is 36.0. The van der Waals surface area contributed by atoms with E-state index in [9.17, 15) is 9.59 Å². The molecule has 39 heavy (non-hydrogen) atoms. The summed E-state index contributed by atoms with van der Waals surface area (Å²) in [5.41, 5.74) is 6.03. The average Bonchev–Trinajstić information content (AvgIpc) is 3.58. The van der Waals surface area contributed by atoms with E-state index in [4.69, 9.17) is 4.99 Å². The number of fused-ring (bicyclic) bond motifs is 1. The van der Waals surface area contributed by atoms with E-state index in [1.807, 2.05) is 79.8 Å². The van der Waals surface area contributed by atoms with Crippen LogP contribution in [0, 0.1) is 0 Å². The number of unbranched alkanes of at least 4 members (excludes halogenated alkanes) is 1. The van der Waals surface area contributed by atoms with Crippen LogP contribution in [0.2, 0.25) is 0 Å². The maximum Gasteiger partial charge on any atom is 0.283 e. The molecule has 2 aliphatic rings. The van der Waals surface area contributed by atoms with E-state index >= 15 is 0 Å². The Morgan fingerprint density at radius 2 is 1.59 bits per heavy atom. The first-order chi connectivity index (χ1) is 19.1. The summed E-state index contributed by atoms with van der Waals surface area (Å²) in [6.45, 7) is 2.62. The Labute approximate surface area is 234 Å². The lowest BCUT2D eigenvalue weighted by atomic mass is 10.2. The third-order valence-electron chi connectivity index (χ3n) is 6.65. The summed E-state index contributed by atoms with van der Waals surface area (Å²) in [5.74, 6) is 0.184. The Morgan fingerprint density at radius 1 is 0.897 bits per heavy atom. The smallest absolute Gasteiger partial charge is 0.283 e. The molecule has 0 spiro atoms. The van der Waals surface area contributed by atoms with Crippen LogP contribution in [0.3, 0.4) is 0 Å². The summed E-state index contributed by atoms with van der Waals surface area (Å²) < 4.78 is 3.01. The summed E-state index contributed by atoms with van der Waals surface area (Å²) >= 11 is 2.96. The maximum atomic E-state index is 14.0. The predicted molar refractivity (Wildman–Crippen MR) is 161 cm³/mol. The van der Waals surface area contributed by atoms with Crippen LogP contribution in [-0.2, 0) is 11.3 Å². The Morgan fingerprint density at radius 3 is 2.31 bits per heavy atom. The minimum Gasteiger partial charge on any atom is -0.337 e. The number of amidine groups is 1. The number of anilines is 2. The van der Waals surface area contributed by atoms with Crippen molar-refractivity contribution < 1.29 is 4.79 Å². The van der Waals surface area contributed by atoms with Gasteiger partial charge in [-0.15, -0.1) is 11.3 Å². The lowest BCUT2D eigenvalue weighted by Crippen LogP contribution is -2.36. The van der Waals surface area contributed by atoms with Crippen molar-refractivity contribution in [1.29, 1.82) is 0 Å². The molecule has 9 heteroatoms. The summed E-state index contributed by atoms with van der Waals surface area (Å²) in [5, 5.41) is 2.38. The number of para-hydroxylation sites is 3. The minimum atomic E-state index is -0.241. The summed E-state index contributed by atoms with van der Waals surface area (Å²) in [6.07, 6.45) is 1.75. The number of thiazole rings is 1. The Bertz CT molecular complexity index is 1760. The number of carbonyl (C=O) groups is 1. The molecule has 7 nitrogen and oxygen atoms in total. The number of rotatable bonds is 5. The molecule has 1 fully saturated rings. The third kappa shape index (κ3) is 4.57. The molecule has 2 aliphatic heterocycles. The van der Waals surface area contributed by atoms with E-state index in [2.05, 4.69) is 29.4 Å². The normalized spacial score (nSPS) is 18.6. The van der Waals surface area contributed by atoms with Crippen LogP contribution < -0.4 is 30.1 Å². The van der Waals surface area contributed by atoms with Crippen molar-refractivity contribution in [2.24, 2.45) is 4.99 Å². The number of thioether (sulfide) groups is 1.